The van der Waals surface area contributed by atoms with E-state index in [1.807, 2.05) is 6.07 Å². The number of thiazole rings is 1. The summed E-state index contributed by atoms with van der Waals surface area (Å²) in [5.74, 6) is -1.53. The second kappa shape index (κ2) is 7.61. The first kappa shape index (κ1) is 20.8. The number of amides is 1. The van der Waals surface area contributed by atoms with E-state index in [1.54, 1.807) is 23.2 Å². The molecular formula is C22H18ClF2N5O2S. The van der Waals surface area contributed by atoms with Crippen molar-refractivity contribution < 1.29 is 18.7 Å². The van der Waals surface area contributed by atoms with Crippen LogP contribution in [0.15, 0.2) is 24.4 Å². The van der Waals surface area contributed by atoms with Gasteiger partial charge in [-0.3, -0.25) is 9.89 Å². The number of hydrogen-bond donors (Lipinski definition) is 3. The number of H-pyrrole nitrogens is 1. The average molecular weight is 490 g/mol. The second-order valence-corrected chi connectivity index (χ2v) is 9.86. The van der Waals surface area contributed by atoms with Crippen LogP contribution < -0.4 is 10.2 Å². The number of aliphatic hydroxyl groups is 1. The van der Waals surface area contributed by atoms with Gasteiger partial charge in [0.1, 0.15) is 11.9 Å². The highest BCUT2D eigenvalue weighted by Gasteiger charge is 2.43. The average Bonchev–Trinajstić information content (AvgIpc) is 3.16. The lowest BCUT2D eigenvalue weighted by Crippen LogP contribution is -2.23. The Bertz CT molecular complexity index is 1420. The number of rotatable bonds is 4. The van der Waals surface area contributed by atoms with E-state index in [0.717, 1.165) is 4.70 Å². The minimum absolute atomic E-state index is 0.0274. The first-order chi connectivity index (χ1) is 15.9. The number of carbonyl (C=O) groups is 1. The van der Waals surface area contributed by atoms with Crippen LogP contribution in [-0.4, -0.2) is 51.6 Å². The Balaban J connectivity index is 1.41. The van der Waals surface area contributed by atoms with Gasteiger partial charge in [-0.25, -0.2) is 13.8 Å². The molecule has 1 saturated carbocycles. The van der Waals surface area contributed by atoms with Crippen LogP contribution in [-0.2, 0) is 4.79 Å². The second-order valence-electron chi connectivity index (χ2n) is 8.45. The molecule has 2 aromatic carbocycles. The summed E-state index contributed by atoms with van der Waals surface area (Å²) >= 11 is 7.81. The number of aromatic nitrogens is 3. The molecule has 1 aliphatic carbocycles. The summed E-state index contributed by atoms with van der Waals surface area (Å²) in [6, 6.07) is 5.40. The van der Waals surface area contributed by atoms with Crippen molar-refractivity contribution >= 4 is 60.8 Å². The molecule has 2 aliphatic rings. The van der Waals surface area contributed by atoms with E-state index in [1.165, 1.54) is 11.3 Å². The van der Waals surface area contributed by atoms with Crippen LogP contribution >= 0.6 is 22.9 Å². The molecule has 0 bridgehead atoms. The van der Waals surface area contributed by atoms with E-state index in [0.29, 0.717) is 57.9 Å². The first-order valence-corrected chi connectivity index (χ1v) is 11.7. The predicted molar refractivity (Wildman–Crippen MR) is 124 cm³/mol. The molecule has 2 fully saturated rings. The van der Waals surface area contributed by atoms with Gasteiger partial charge in [-0.1, -0.05) is 29.0 Å². The molecule has 1 aliphatic heterocycles. The Morgan fingerprint density at radius 3 is 2.94 bits per heavy atom. The molecule has 1 saturated heterocycles. The summed E-state index contributed by atoms with van der Waals surface area (Å²) in [6.45, 7) is 0.846. The van der Waals surface area contributed by atoms with Crippen molar-refractivity contribution in [3.8, 4) is 11.1 Å². The van der Waals surface area contributed by atoms with Gasteiger partial charge in [0.25, 0.3) is 0 Å². The minimum atomic E-state index is -1.08. The summed E-state index contributed by atoms with van der Waals surface area (Å²) in [4.78, 5) is 18.2. The number of aromatic amines is 1. The summed E-state index contributed by atoms with van der Waals surface area (Å²) in [7, 11) is 0. The molecule has 1 unspecified atom stereocenters. The van der Waals surface area contributed by atoms with Crippen LogP contribution in [0.1, 0.15) is 12.8 Å². The molecule has 4 aromatic rings. The van der Waals surface area contributed by atoms with Crippen molar-refractivity contribution in [3.05, 3.63) is 35.2 Å². The van der Waals surface area contributed by atoms with Crippen molar-refractivity contribution in [3.63, 3.8) is 0 Å². The monoisotopic (exact) mass is 489 g/mol. The molecule has 1 amide bonds. The van der Waals surface area contributed by atoms with E-state index < -0.39 is 24.0 Å². The molecule has 3 atom stereocenters. The summed E-state index contributed by atoms with van der Waals surface area (Å²) in [5.41, 5.74) is 2.67. The van der Waals surface area contributed by atoms with E-state index in [4.69, 9.17) is 11.6 Å². The van der Waals surface area contributed by atoms with Crippen molar-refractivity contribution in [2.75, 3.05) is 23.3 Å². The van der Waals surface area contributed by atoms with Crippen molar-refractivity contribution in [1.82, 2.24) is 15.2 Å². The minimum Gasteiger partial charge on any atom is -0.391 e. The molecule has 7 nitrogen and oxygen atoms in total. The standard InChI is InChI=1S/C22H18ClF2N5O2S/c23-17-16(12-7-26-29-19(12)20(18(17)25)30-4-3-10(31)8-30)9-1-2-14-15(5-9)33-22(27-14)28-21(32)11-6-13(11)24/h1-2,5,7,10-11,13,31H,3-4,6,8H2,(H,26,29)(H,27,28,32)/t10?,11-,13+/m1/s1. The van der Waals surface area contributed by atoms with Gasteiger partial charge < -0.3 is 15.3 Å². The normalized spacial score (nSPS) is 22.4. The Kier molecular flexibility index (Phi) is 4.79. The number of carbonyl (C=O) groups excluding carboxylic acids is 1. The highest BCUT2D eigenvalue weighted by atomic mass is 35.5. The van der Waals surface area contributed by atoms with E-state index in [-0.39, 0.29) is 17.4 Å². The number of nitrogens with one attached hydrogen (secondary N) is 2. The number of aliphatic hydroxyl groups excluding tert-OH is 1. The van der Waals surface area contributed by atoms with Gasteiger partial charge in [-0.2, -0.15) is 5.10 Å². The highest BCUT2D eigenvalue weighted by molar-refractivity contribution is 7.22. The van der Waals surface area contributed by atoms with Crippen molar-refractivity contribution in [1.29, 1.82) is 0 Å². The molecular weight excluding hydrogens is 472 g/mol. The summed E-state index contributed by atoms with van der Waals surface area (Å²) in [6.07, 6.45) is 0.824. The zero-order valence-corrected chi connectivity index (χ0v) is 18.7. The first-order valence-electron chi connectivity index (χ1n) is 10.5. The number of anilines is 2. The van der Waals surface area contributed by atoms with Crippen molar-refractivity contribution in [2.24, 2.45) is 5.92 Å². The van der Waals surface area contributed by atoms with Gasteiger partial charge in [0, 0.05) is 24.0 Å². The fourth-order valence-corrected chi connectivity index (χ4v) is 5.60. The van der Waals surface area contributed by atoms with Crippen LogP contribution in [0, 0.1) is 11.7 Å². The maximum Gasteiger partial charge on any atom is 0.232 e. The Morgan fingerprint density at radius 1 is 1.39 bits per heavy atom. The lowest BCUT2D eigenvalue weighted by Gasteiger charge is -2.21. The molecule has 0 spiro atoms. The molecule has 11 heteroatoms. The Hall–Kier alpha value is -2.82. The SMILES string of the molecule is O=C(Nc1nc2ccc(-c3c(Cl)c(F)c(N4CCC(O)C4)c4[nH]ncc34)cc2s1)[C@@H]1C[C@@H]1F. The third-order valence-corrected chi connectivity index (χ3v) is 7.49. The Labute approximate surface area is 195 Å². The smallest absolute Gasteiger partial charge is 0.232 e. The van der Waals surface area contributed by atoms with Crippen LogP contribution in [0.25, 0.3) is 32.2 Å². The third kappa shape index (κ3) is 3.44. The lowest BCUT2D eigenvalue weighted by atomic mass is 10.00. The van der Waals surface area contributed by atoms with Gasteiger partial charge in [-0.05, 0) is 30.5 Å². The lowest BCUT2D eigenvalue weighted by molar-refractivity contribution is -0.117. The van der Waals surface area contributed by atoms with Gasteiger partial charge in [0.15, 0.2) is 10.9 Å². The number of hydrogen-bond acceptors (Lipinski definition) is 6. The Morgan fingerprint density at radius 2 is 2.21 bits per heavy atom. The quantitative estimate of drug-likeness (QED) is 0.392. The number of benzene rings is 2. The summed E-state index contributed by atoms with van der Waals surface area (Å²) < 4.78 is 29.4. The predicted octanol–water partition coefficient (Wildman–Crippen LogP) is 4.50. The summed E-state index contributed by atoms with van der Waals surface area (Å²) in [5, 5.41) is 20.6. The van der Waals surface area contributed by atoms with E-state index in [2.05, 4.69) is 20.5 Å². The highest BCUT2D eigenvalue weighted by Crippen LogP contribution is 2.44. The van der Waals surface area contributed by atoms with Crippen LogP contribution in [0.3, 0.4) is 0 Å². The van der Waals surface area contributed by atoms with Gasteiger partial charge >= 0.3 is 0 Å². The van der Waals surface area contributed by atoms with Crippen LogP contribution in [0.2, 0.25) is 5.02 Å². The molecule has 0 radical (unpaired) electrons. The van der Waals surface area contributed by atoms with Crippen LogP contribution in [0.5, 0.6) is 0 Å². The molecule has 3 N–H and O–H groups in total. The number of nitrogens with zero attached hydrogens (tertiary/aromatic N) is 3. The molecule has 33 heavy (non-hydrogen) atoms. The third-order valence-electron chi connectivity index (χ3n) is 6.20. The van der Waals surface area contributed by atoms with E-state index in [9.17, 15) is 14.3 Å². The number of halogens is 3. The fourth-order valence-electron chi connectivity index (χ4n) is 4.39. The topological polar surface area (TPSA) is 94.1 Å². The molecule has 2 aromatic heterocycles. The van der Waals surface area contributed by atoms with E-state index >= 15 is 4.39 Å². The molecule has 6 rings (SSSR count). The maximum absolute atomic E-state index is 15.5. The maximum atomic E-state index is 15.5. The molecule has 3 heterocycles. The van der Waals surface area contributed by atoms with Gasteiger partial charge in [0.05, 0.1) is 39.0 Å². The molecule has 170 valence electrons. The van der Waals surface area contributed by atoms with Gasteiger partial charge in [0.2, 0.25) is 5.91 Å². The number of fused-ring (bicyclic) bond motifs is 2. The van der Waals surface area contributed by atoms with Crippen LogP contribution in [0.4, 0.5) is 19.6 Å². The zero-order chi connectivity index (χ0) is 22.9. The fraction of sp³-hybridized carbons (Fsp3) is 0.318. The number of β-amino-alcohol motifs (C(OH)–C–C–N with tert-alkyl or cyclic N) is 1. The van der Waals surface area contributed by atoms with Gasteiger partial charge in [-0.15, -0.1) is 0 Å². The largest absolute Gasteiger partial charge is 0.391 e. The number of alkyl halides is 1. The zero-order valence-electron chi connectivity index (χ0n) is 17.1. The van der Waals surface area contributed by atoms with Crippen molar-refractivity contribution in [2.45, 2.75) is 25.1 Å².